The topological polar surface area (TPSA) is 125 Å². The summed E-state index contributed by atoms with van der Waals surface area (Å²) in [7, 11) is -3.57. The normalized spacial score (nSPS) is 23.1. The van der Waals surface area contributed by atoms with Crippen molar-refractivity contribution in [2.24, 2.45) is 16.8 Å². The van der Waals surface area contributed by atoms with Gasteiger partial charge in [-0.1, -0.05) is 5.16 Å². The third kappa shape index (κ3) is 2.31. The number of H-pyrrole nitrogens is 1. The number of aromatic amines is 1. The Morgan fingerprint density at radius 3 is 3.06 bits per heavy atom. The van der Waals surface area contributed by atoms with E-state index in [-0.39, 0.29) is 23.3 Å². The molecular formula is C9H15N5O3S. The van der Waals surface area contributed by atoms with Crippen molar-refractivity contribution >= 4 is 15.9 Å². The van der Waals surface area contributed by atoms with Crippen LogP contribution in [0.1, 0.15) is 12.8 Å². The van der Waals surface area contributed by atoms with Crippen LogP contribution in [0.5, 0.6) is 0 Å². The average molecular weight is 273 g/mol. The van der Waals surface area contributed by atoms with Gasteiger partial charge in [-0.25, -0.2) is 8.42 Å². The van der Waals surface area contributed by atoms with Gasteiger partial charge in [0, 0.05) is 19.0 Å². The Morgan fingerprint density at radius 2 is 2.44 bits per heavy atom. The Bertz CT molecular complexity index is 524. The standard InChI is InChI=1S/C9H15N5O3S/c10-9(13-15)7-2-1-5-14(6-7)18(16,17)8-3-4-11-12-8/h3-4,7,15H,1-2,5-6H2,(H2,10,13)(H,11,12). The van der Waals surface area contributed by atoms with Crippen molar-refractivity contribution in [3.05, 3.63) is 12.3 Å². The smallest absolute Gasteiger partial charge is 0.259 e. The van der Waals surface area contributed by atoms with Gasteiger partial charge in [-0.15, -0.1) is 0 Å². The minimum Gasteiger partial charge on any atom is -0.409 e. The van der Waals surface area contributed by atoms with Crippen molar-refractivity contribution in [2.75, 3.05) is 13.1 Å². The molecule has 8 nitrogen and oxygen atoms in total. The predicted octanol–water partition coefficient (Wildman–Crippen LogP) is -0.443. The van der Waals surface area contributed by atoms with Gasteiger partial charge in [0.2, 0.25) is 0 Å². The molecule has 2 heterocycles. The number of sulfonamides is 1. The summed E-state index contributed by atoms with van der Waals surface area (Å²) >= 11 is 0. The molecule has 0 spiro atoms. The lowest BCUT2D eigenvalue weighted by Crippen LogP contribution is -2.44. The van der Waals surface area contributed by atoms with E-state index in [0.29, 0.717) is 19.4 Å². The van der Waals surface area contributed by atoms with E-state index in [2.05, 4.69) is 15.4 Å². The SMILES string of the molecule is NC(=NO)C1CCCN(S(=O)(=O)c2ccn[nH]2)C1. The van der Waals surface area contributed by atoms with Crippen LogP contribution < -0.4 is 5.73 Å². The zero-order chi connectivity index (χ0) is 13.2. The molecular weight excluding hydrogens is 258 g/mol. The zero-order valence-corrected chi connectivity index (χ0v) is 10.5. The summed E-state index contributed by atoms with van der Waals surface area (Å²) in [5.74, 6) is -0.180. The molecule has 4 N–H and O–H groups in total. The third-order valence-corrected chi connectivity index (χ3v) is 4.81. The first-order chi connectivity index (χ1) is 8.55. The van der Waals surface area contributed by atoms with Crippen molar-refractivity contribution in [1.82, 2.24) is 14.5 Å². The van der Waals surface area contributed by atoms with E-state index in [1.54, 1.807) is 0 Å². The van der Waals surface area contributed by atoms with Gasteiger partial charge >= 0.3 is 0 Å². The van der Waals surface area contributed by atoms with Gasteiger partial charge in [-0.05, 0) is 18.9 Å². The van der Waals surface area contributed by atoms with Gasteiger partial charge < -0.3 is 10.9 Å². The largest absolute Gasteiger partial charge is 0.409 e. The van der Waals surface area contributed by atoms with Crippen molar-refractivity contribution < 1.29 is 13.6 Å². The second kappa shape index (κ2) is 4.94. The Labute approximate surface area is 105 Å². The summed E-state index contributed by atoms with van der Waals surface area (Å²) < 4.78 is 25.8. The van der Waals surface area contributed by atoms with Crippen molar-refractivity contribution in [3.8, 4) is 0 Å². The molecule has 100 valence electrons. The molecule has 1 aromatic rings. The second-order valence-corrected chi connectivity index (χ2v) is 6.05. The third-order valence-electron chi connectivity index (χ3n) is 3.01. The first-order valence-electron chi connectivity index (χ1n) is 5.52. The number of amidine groups is 1. The number of oxime groups is 1. The Balaban J connectivity index is 2.19. The highest BCUT2D eigenvalue weighted by molar-refractivity contribution is 7.89. The van der Waals surface area contributed by atoms with Crippen molar-refractivity contribution in [1.29, 1.82) is 0 Å². The molecule has 0 aromatic carbocycles. The lowest BCUT2D eigenvalue weighted by Gasteiger charge is -2.30. The summed E-state index contributed by atoms with van der Waals surface area (Å²) in [6.07, 6.45) is 2.77. The minimum absolute atomic E-state index is 0.0580. The molecule has 1 unspecified atom stereocenters. The first-order valence-corrected chi connectivity index (χ1v) is 6.96. The molecule has 1 aliphatic heterocycles. The Morgan fingerprint density at radius 1 is 1.67 bits per heavy atom. The minimum atomic E-state index is -3.57. The van der Waals surface area contributed by atoms with Crippen molar-refractivity contribution in [2.45, 2.75) is 17.9 Å². The molecule has 1 aromatic heterocycles. The molecule has 18 heavy (non-hydrogen) atoms. The van der Waals surface area contributed by atoms with Crippen LogP contribution in [0.4, 0.5) is 0 Å². The highest BCUT2D eigenvalue weighted by Gasteiger charge is 2.32. The first kappa shape index (κ1) is 12.8. The monoisotopic (exact) mass is 273 g/mol. The molecule has 0 aliphatic carbocycles. The fourth-order valence-electron chi connectivity index (χ4n) is 2.01. The Kier molecular flexibility index (Phi) is 3.53. The summed E-state index contributed by atoms with van der Waals surface area (Å²) in [5, 5.41) is 17.7. The molecule has 0 bridgehead atoms. The molecule has 0 amide bonds. The average Bonchev–Trinajstić information content (AvgIpc) is 2.92. The molecule has 0 radical (unpaired) electrons. The van der Waals surface area contributed by atoms with Crippen LogP contribution in [-0.4, -0.2) is 47.1 Å². The number of hydrogen-bond donors (Lipinski definition) is 3. The van der Waals surface area contributed by atoms with E-state index < -0.39 is 10.0 Å². The maximum absolute atomic E-state index is 12.2. The molecule has 0 saturated carbocycles. The van der Waals surface area contributed by atoms with Crippen LogP contribution in [0.3, 0.4) is 0 Å². The van der Waals surface area contributed by atoms with Crippen LogP contribution in [0.2, 0.25) is 0 Å². The molecule has 1 atom stereocenters. The lowest BCUT2D eigenvalue weighted by atomic mass is 9.99. The molecule has 1 aliphatic rings. The van der Waals surface area contributed by atoms with Crippen LogP contribution in [-0.2, 0) is 10.0 Å². The second-order valence-electron chi connectivity index (χ2n) is 4.15. The number of nitrogens with one attached hydrogen (secondary N) is 1. The van der Waals surface area contributed by atoms with Gasteiger partial charge in [0.05, 0.1) is 6.20 Å². The van der Waals surface area contributed by atoms with Gasteiger partial charge in [0.15, 0.2) is 5.03 Å². The number of aromatic nitrogens is 2. The Hall–Kier alpha value is -1.61. The number of piperidine rings is 1. The number of nitrogens with two attached hydrogens (primary N) is 1. The predicted molar refractivity (Wildman–Crippen MR) is 63.5 cm³/mol. The van der Waals surface area contributed by atoms with Crippen LogP contribution in [0, 0.1) is 5.92 Å². The summed E-state index contributed by atoms with van der Waals surface area (Å²) in [5.41, 5.74) is 5.53. The maximum atomic E-state index is 12.2. The van der Waals surface area contributed by atoms with Crippen LogP contribution in [0.25, 0.3) is 0 Å². The quantitative estimate of drug-likeness (QED) is 0.298. The molecule has 1 fully saturated rings. The highest BCUT2D eigenvalue weighted by Crippen LogP contribution is 2.22. The molecule has 2 rings (SSSR count). The van der Waals surface area contributed by atoms with E-state index in [1.165, 1.54) is 16.6 Å². The lowest BCUT2D eigenvalue weighted by molar-refractivity contribution is 0.287. The number of nitrogens with zero attached hydrogens (tertiary/aromatic N) is 3. The molecule has 1 saturated heterocycles. The summed E-state index contributed by atoms with van der Waals surface area (Å²) in [6, 6.07) is 1.41. The number of rotatable bonds is 3. The fraction of sp³-hybridized carbons (Fsp3) is 0.556. The van der Waals surface area contributed by atoms with Gasteiger partial charge in [0.1, 0.15) is 5.84 Å². The van der Waals surface area contributed by atoms with Crippen molar-refractivity contribution in [3.63, 3.8) is 0 Å². The highest BCUT2D eigenvalue weighted by atomic mass is 32.2. The zero-order valence-electron chi connectivity index (χ0n) is 9.65. The van der Waals surface area contributed by atoms with E-state index in [4.69, 9.17) is 10.9 Å². The maximum Gasteiger partial charge on any atom is 0.259 e. The fourth-order valence-corrected chi connectivity index (χ4v) is 3.43. The van der Waals surface area contributed by atoms with E-state index in [9.17, 15) is 8.42 Å². The van der Waals surface area contributed by atoms with Crippen LogP contribution in [0.15, 0.2) is 22.4 Å². The van der Waals surface area contributed by atoms with Gasteiger partial charge in [-0.3, -0.25) is 5.10 Å². The van der Waals surface area contributed by atoms with E-state index in [0.717, 1.165) is 0 Å². The van der Waals surface area contributed by atoms with E-state index in [1.807, 2.05) is 0 Å². The number of hydrogen-bond acceptors (Lipinski definition) is 5. The van der Waals surface area contributed by atoms with Gasteiger partial charge in [-0.2, -0.15) is 9.40 Å². The van der Waals surface area contributed by atoms with Crippen LogP contribution >= 0.6 is 0 Å². The van der Waals surface area contributed by atoms with E-state index >= 15 is 0 Å². The summed E-state index contributed by atoms with van der Waals surface area (Å²) in [4.78, 5) is 0. The summed E-state index contributed by atoms with van der Waals surface area (Å²) in [6.45, 7) is 0.647. The molecule has 9 heteroatoms. The van der Waals surface area contributed by atoms with Gasteiger partial charge in [0.25, 0.3) is 10.0 Å².